The smallest absolute Gasteiger partial charge is 0.220 e. The van der Waals surface area contributed by atoms with Crippen molar-refractivity contribution in [1.82, 2.24) is 0 Å². The van der Waals surface area contributed by atoms with Gasteiger partial charge in [-0.3, -0.25) is 4.79 Å². The van der Waals surface area contributed by atoms with Gasteiger partial charge >= 0.3 is 0 Å². The molecule has 78 valence electrons. The molecule has 0 atom stereocenters. The topological polar surface area (TPSA) is 57.5 Å². The largest absolute Gasteiger partial charge is 0.360 e. The van der Waals surface area contributed by atoms with Crippen LogP contribution in [0, 0.1) is 0 Å². The zero-order chi connectivity index (χ0) is 10.3. The number of hydrogen-bond acceptors (Lipinski definition) is 3. The van der Waals surface area contributed by atoms with E-state index < -0.39 is 11.6 Å². The first-order valence-corrected chi connectivity index (χ1v) is 4.96. The van der Waals surface area contributed by atoms with Crippen molar-refractivity contribution < 1.29 is 15.0 Å². The van der Waals surface area contributed by atoms with Crippen molar-refractivity contribution in [2.24, 2.45) is 0 Å². The van der Waals surface area contributed by atoms with Crippen LogP contribution in [0.5, 0.6) is 0 Å². The lowest BCUT2D eigenvalue weighted by Gasteiger charge is -2.13. The van der Waals surface area contributed by atoms with Crippen LogP contribution in [0.25, 0.3) is 0 Å². The SMILES string of the molecule is CCCCCCCC(=O)C(C)(O)O. The molecule has 2 N–H and O–H groups in total. The second-order valence-corrected chi connectivity index (χ2v) is 3.61. The van der Waals surface area contributed by atoms with Gasteiger partial charge in [-0.05, 0) is 13.3 Å². The molecule has 0 rings (SSSR count). The van der Waals surface area contributed by atoms with Crippen LogP contribution in [0.15, 0.2) is 0 Å². The van der Waals surface area contributed by atoms with Gasteiger partial charge in [0.2, 0.25) is 5.79 Å². The molecule has 0 spiro atoms. The molecule has 0 unspecified atom stereocenters. The Hall–Kier alpha value is -0.410. The summed E-state index contributed by atoms with van der Waals surface area (Å²) >= 11 is 0. The molecule has 0 radical (unpaired) electrons. The number of unbranched alkanes of at least 4 members (excludes halogenated alkanes) is 4. The molecule has 0 aliphatic rings. The molecular formula is C10H20O3. The Labute approximate surface area is 79.8 Å². The van der Waals surface area contributed by atoms with Crippen LogP contribution in [0.1, 0.15) is 52.4 Å². The van der Waals surface area contributed by atoms with E-state index >= 15 is 0 Å². The van der Waals surface area contributed by atoms with Gasteiger partial charge in [0.1, 0.15) is 0 Å². The van der Waals surface area contributed by atoms with E-state index in [0.717, 1.165) is 26.2 Å². The number of Topliss-reactive ketones (excluding diaryl/α,β-unsaturated/α-hetero) is 1. The van der Waals surface area contributed by atoms with Crippen molar-refractivity contribution in [2.75, 3.05) is 0 Å². The van der Waals surface area contributed by atoms with Crippen molar-refractivity contribution in [3.63, 3.8) is 0 Å². The van der Waals surface area contributed by atoms with Gasteiger partial charge in [-0.25, -0.2) is 0 Å². The summed E-state index contributed by atoms with van der Waals surface area (Å²) in [7, 11) is 0. The molecule has 13 heavy (non-hydrogen) atoms. The van der Waals surface area contributed by atoms with Crippen molar-refractivity contribution >= 4 is 5.78 Å². The van der Waals surface area contributed by atoms with Gasteiger partial charge < -0.3 is 10.2 Å². The van der Waals surface area contributed by atoms with Gasteiger partial charge in [0.15, 0.2) is 5.78 Å². The summed E-state index contributed by atoms with van der Waals surface area (Å²) in [6.07, 6.45) is 5.51. The second-order valence-electron chi connectivity index (χ2n) is 3.61. The van der Waals surface area contributed by atoms with Crippen molar-refractivity contribution in [1.29, 1.82) is 0 Å². The molecule has 0 heterocycles. The normalized spacial score (nSPS) is 11.7. The molecule has 0 aromatic heterocycles. The van der Waals surface area contributed by atoms with E-state index in [1.165, 1.54) is 12.8 Å². The first-order valence-electron chi connectivity index (χ1n) is 4.96. The Morgan fingerprint density at radius 3 is 2.15 bits per heavy atom. The molecule has 0 saturated carbocycles. The lowest BCUT2D eigenvalue weighted by atomic mass is 10.1. The zero-order valence-electron chi connectivity index (χ0n) is 8.55. The summed E-state index contributed by atoms with van der Waals surface area (Å²) in [6.45, 7) is 3.24. The highest BCUT2D eigenvalue weighted by Crippen LogP contribution is 2.09. The standard InChI is InChI=1S/C10H20O3/c1-3-4-5-6-7-8-9(11)10(2,12)13/h12-13H,3-8H2,1-2H3. The van der Waals surface area contributed by atoms with Crippen LogP contribution in [0.2, 0.25) is 0 Å². The number of hydrogen-bond donors (Lipinski definition) is 2. The van der Waals surface area contributed by atoms with Gasteiger partial charge in [-0.1, -0.05) is 32.6 Å². The maximum atomic E-state index is 11.0. The summed E-state index contributed by atoms with van der Waals surface area (Å²) in [5, 5.41) is 17.8. The Balaban J connectivity index is 3.38. The molecule has 0 aromatic carbocycles. The van der Waals surface area contributed by atoms with E-state index in [4.69, 9.17) is 10.2 Å². The summed E-state index contributed by atoms with van der Waals surface area (Å²) in [5.74, 6) is -2.62. The Morgan fingerprint density at radius 1 is 1.15 bits per heavy atom. The number of ketones is 1. The van der Waals surface area contributed by atoms with Gasteiger partial charge in [0.05, 0.1) is 0 Å². The van der Waals surface area contributed by atoms with E-state index in [9.17, 15) is 4.79 Å². The predicted molar refractivity (Wildman–Crippen MR) is 51.2 cm³/mol. The fraction of sp³-hybridized carbons (Fsp3) is 0.900. The first-order chi connectivity index (χ1) is 5.98. The van der Waals surface area contributed by atoms with E-state index in [0.29, 0.717) is 0 Å². The highest BCUT2D eigenvalue weighted by Gasteiger charge is 2.24. The minimum atomic E-state index is -2.13. The average Bonchev–Trinajstić information content (AvgIpc) is 2.02. The lowest BCUT2D eigenvalue weighted by molar-refractivity contribution is -0.175. The van der Waals surface area contributed by atoms with E-state index in [1.807, 2.05) is 0 Å². The summed E-state index contributed by atoms with van der Waals surface area (Å²) < 4.78 is 0. The van der Waals surface area contributed by atoms with Crippen molar-refractivity contribution in [3.05, 3.63) is 0 Å². The Morgan fingerprint density at radius 2 is 1.69 bits per heavy atom. The molecule has 3 heteroatoms. The molecule has 0 aliphatic heterocycles. The number of aliphatic hydroxyl groups is 2. The van der Waals surface area contributed by atoms with Crippen LogP contribution >= 0.6 is 0 Å². The molecule has 3 nitrogen and oxygen atoms in total. The Kier molecular flexibility index (Phi) is 5.91. The molecular weight excluding hydrogens is 168 g/mol. The fourth-order valence-corrected chi connectivity index (χ4v) is 1.13. The number of rotatable bonds is 7. The van der Waals surface area contributed by atoms with Crippen LogP contribution in [-0.4, -0.2) is 21.8 Å². The summed E-state index contributed by atoms with van der Waals surface area (Å²) in [6, 6.07) is 0. The minimum Gasteiger partial charge on any atom is -0.360 e. The zero-order valence-corrected chi connectivity index (χ0v) is 8.55. The maximum Gasteiger partial charge on any atom is 0.220 e. The van der Waals surface area contributed by atoms with Crippen LogP contribution < -0.4 is 0 Å². The third kappa shape index (κ3) is 6.72. The van der Waals surface area contributed by atoms with Gasteiger partial charge in [-0.2, -0.15) is 0 Å². The predicted octanol–water partition coefficient (Wildman–Crippen LogP) is 1.62. The highest BCUT2D eigenvalue weighted by molar-refractivity contribution is 5.84. The summed E-state index contributed by atoms with van der Waals surface area (Å²) in [5.41, 5.74) is 0. The lowest BCUT2D eigenvalue weighted by Crippen LogP contribution is -2.34. The summed E-state index contributed by atoms with van der Waals surface area (Å²) in [4.78, 5) is 11.0. The monoisotopic (exact) mass is 188 g/mol. The second kappa shape index (κ2) is 6.11. The fourth-order valence-electron chi connectivity index (χ4n) is 1.13. The molecule has 0 fully saturated rings. The number of carbonyl (C=O) groups excluding carboxylic acids is 1. The highest BCUT2D eigenvalue weighted by atomic mass is 16.5. The first kappa shape index (κ1) is 12.6. The third-order valence-corrected chi connectivity index (χ3v) is 2.04. The molecule has 0 amide bonds. The molecule has 0 aromatic rings. The molecule has 0 aliphatic carbocycles. The van der Waals surface area contributed by atoms with Crippen LogP contribution in [0.4, 0.5) is 0 Å². The quantitative estimate of drug-likeness (QED) is 0.471. The van der Waals surface area contributed by atoms with E-state index in [1.54, 1.807) is 0 Å². The van der Waals surface area contributed by atoms with E-state index in [-0.39, 0.29) is 6.42 Å². The number of carbonyl (C=O) groups is 1. The molecule has 0 saturated heterocycles. The maximum absolute atomic E-state index is 11.0. The molecule has 0 bridgehead atoms. The average molecular weight is 188 g/mol. The Bertz CT molecular complexity index is 147. The van der Waals surface area contributed by atoms with Gasteiger partial charge in [-0.15, -0.1) is 0 Å². The third-order valence-electron chi connectivity index (χ3n) is 2.04. The minimum absolute atomic E-state index is 0.271. The van der Waals surface area contributed by atoms with Crippen LogP contribution in [-0.2, 0) is 4.79 Å². The van der Waals surface area contributed by atoms with Crippen LogP contribution in [0.3, 0.4) is 0 Å². The van der Waals surface area contributed by atoms with Crippen molar-refractivity contribution in [2.45, 2.75) is 58.2 Å². The van der Waals surface area contributed by atoms with Gasteiger partial charge in [0, 0.05) is 6.42 Å². The van der Waals surface area contributed by atoms with Gasteiger partial charge in [0.25, 0.3) is 0 Å². The van der Waals surface area contributed by atoms with Crippen molar-refractivity contribution in [3.8, 4) is 0 Å². The van der Waals surface area contributed by atoms with E-state index in [2.05, 4.69) is 6.92 Å².